The van der Waals surface area contributed by atoms with Crippen molar-refractivity contribution in [3.05, 3.63) is 45.3 Å². The third-order valence-electron chi connectivity index (χ3n) is 3.32. The fourth-order valence-electron chi connectivity index (χ4n) is 2.19. The number of rotatable bonds is 4. The lowest BCUT2D eigenvalue weighted by Crippen LogP contribution is -2.24. The van der Waals surface area contributed by atoms with Crippen LogP contribution in [0.3, 0.4) is 0 Å². The number of hydrogen-bond donors (Lipinski definition) is 2. The number of halogens is 6. The summed E-state index contributed by atoms with van der Waals surface area (Å²) in [6.07, 6.45) is -5.40. The molecule has 0 aliphatic carbocycles. The highest BCUT2D eigenvalue weighted by Gasteiger charge is 2.42. The topological polar surface area (TPSA) is 96.4 Å². The number of Topliss-reactive ketones (excluding diaryl/α,β-unsaturated/α-hetero) is 1. The predicted octanol–water partition coefficient (Wildman–Crippen LogP) is 4.60. The highest BCUT2D eigenvalue weighted by molar-refractivity contribution is 6.36. The second-order valence-corrected chi connectivity index (χ2v) is 6.10. The molecule has 0 bridgehead atoms. The van der Waals surface area contributed by atoms with Gasteiger partial charge in [0.05, 0.1) is 27.0 Å². The molecule has 0 saturated heterocycles. The SMILES string of the molecule is CC(=O)Nc1cc(-c2ccc(Cl)c(C(=O)C(F)(F)F)c2F)nc(C(=O)O)c1Cl. The van der Waals surface area contributed by atoms with Gasteiger partial charge in [-0.2, -0.15) is 13.2 Å². The normalized spacial score (nSPS) is 11.2. The third-order valence-corrected chi connectivity index (χ3v) is 4.02. The molecule has 1 heterocycles. The minimum absolute atomic E-state index is 0.269. The first-order valence-electron chi connectivity index (χ1n) is 7.16. The molecule has 0 unspecified atom stereocenters. The monoisotopic (exact) mass is 438 g/mol. The molecule has 1 aromatic heterocycles. The Morgan fingerprint density at radius 3 is 2.29 bits per heavy atom. The molecular weight excluding hydrogens is 431 g/mol. The van der Waals surface area contributed by atoms with Crippen LogP contribution in [-0.2, 0) is 4.79 Å². The zero-order valence-electron chi connectivity index (χ0n) is 13.6. The van der Waals surface area contributed by atoms with Gasteiger partial charge in [0, 0.05) is 12.5 Å². The smallest absolute Gasteiger partial charge is 0.455 e. The summed E-state index contributed by atoms with van der Waals surface area (Å²) in [6.45, 7) is 1.08. The average molecular weight is 439 g/mol. The van der Waals surface area contributed by atoms with Crippen LogP contribution in [0.5, 0.6) is 0 Å². The molecule has 148 valence electrons. The van der Waals surface area contributed by atoms with Gasteiger partial charge < -0.3 is 10.4 Å². The molecule has 28 heavy (non-hydrogen) atoms. The molecule has 2 N–H and O–H groups in total. The number of nitrogens with zero attached hydrogens (tertiary/aromatic N) is 1. The minimum Gasteiger partial charge on any atom is -0.476 e. The van der Waals surface area contributed by atoms with Gasteiger partial charge in [-0.25, -0.2) is 14.2 Å². The Balaban J connectivity index is 2.78. The van der Waals surface area contributed by atoms with Crippen molar-refractivity contribution in [2.75, 3.05) is 5.32 Å². The fraction of sp³-hybridized carbons (Fsp3) is 0.125. The molecule has 0 radical (unpaired) electrons. The number of benzene rings is 1. The van der Waals surface area contributed by atoms with Gasteiger partial charge in [0.2, 0.25) is 5.91 Å². The van der Waals surface area contributed by atoms with E-state index in [4.69, 9.17) is 23.2 Å². The number of carboxylic acid groups (broad SMARTS) is 1. The molecule has 12 heteroatoms. The van der Waals surface area contributed by atoms with Gasteiger partial charge in [-0.05, 0) is 18.2 Å². The fourth-order valence-corrected chi connectivity index (χ4v) is 2.65. The second kappa shape index (κ2) is 7.72. The van der Waals surface area contributed by atoms with E-state index >= 15 is 0 Å². The molecule has 0 saturated carbocycles. The molecule has 6 nitrogen and oxygen atoms in total. The van der Waals surface area contributed by atoms with E-state index in [-0.39, 0.29) is 5.69 Å². The molecule has 2 aromatic rings. The maximum atomic E-state index is 14.7. The number of carbonyl (C=O) groups excluding carboxylic acids is 2. The van der Waals surface area contributed by atoms with E-state index in [0.717, 1.165) is 25.1 Å². The van der Waals surface area contributed by atoms with Crippen molar-refractivity contribution in [1.82, 2.24) is 4.98 Å². The maximum Gasteiger partial charge on any atom is 0.455 e. The third kappa shape index (κ3) is 4.23. The Bertz CT molecular complexity index is 1010. The van der Waals surface area contributed by atoms with E-state index in [2.05, 4.69) is 10.3 Å². The van der Waals surface area contributed by atoms with Gasteiger partial charge in [-0.3, -0.25) is 9.59 Å². The van der Waals surface area contributed by atoms with E-state index in [0.29, 0.717) is 0 Å². The Hall–Kier alpha value is -2.72. The summed E-state index contributed by atoms with van der Waals surface area (Å²) >= 11 is 11.4. The van der Waals surface area contributed by atoms with Crippen LogP contribution in [0.15, 0.2) is 18.2 Å². The number of ketones is 1. The molecular formula is C16H8Cl2F4N2O4. The number of aromatic carboxylic acids is 1. The Labute approximate surface area is 164 Å². The van der Waals surface area contributed by atoms with E-state index in [1.165, 1.54) is 0 Å². The zero-order valence-corrected chi connectivity index (χ0v) is 15.1. The quantitative estimate of drug-likeness (QED) is 0.537. The number of amides is 1. The molecule has 0 spiro atoms. The summed E-state index contributed by atoms with van der Waals surface area (Å²) in [5.41, 5.74) is -3.64. The lowest BCUT2D eigenvalue weighted by Gasteiger charge is -2.14. The van der Waals surface area contributed by atoms with Crippen LogP contribution in [0.2, 0.25) is 10.0 Å². The summed E-state index contributed by atoms with van der Waals surface area (Å²) in [5.74, 6) is -6.47. The Morgan fingerprint density at radius 2 is 1.79 bits per heavy atom. The first kappa shape index (κ1) is 21.6. The van der Waals surface area contributed by atoms with Gasteiger partial charge in [0.25, 0.3) is 5.78 Å². The van der Waals surface area contributed by atoms with Crippen molar-refractivity contribution in [3.63, 3.8) is 0 Å². The summed E-state index contributed by atoms with van der Waals surface area (Å²) in [4.78, 5) is 37.7. The second-order valence-electron chi connectivity index (χ2n) is 5.31. The largest absolute Gasteiger partial charge is 0.476 e. The molecule has 1 amide bonds. The van der Waals surface area contributed by atoms with Crippen LogP contribution in [0.1, 0.15) is 27.8 Å². The number of carbonyl (C=O) groups is 3. The number of nitrogens with one attached hydrogen (secondary N) is 1. The highest BCUT2D eigenvalue weighted by atomic mass is 35.5. The first-order valence-corrected chi connectivity index (χ1v) is 7.91. The summed E-state index contributed by atoms with van der Waals surface area (Å²) in [5, 5.41) is 10.1. The van der Waals surface area contributed by atoms with Crippen LogP contribution in [0.4, 0.5) is 23.2 Å². The molecule has 0 aliphatic heterocycles. The zero-order chi connectivity index (χ0) is 21.4. The van der Waals surface area contributed by atoms with Crippen molar-refractivity contribution in [2.45, 2.75) is 13.1 Å². The van der Waals surface area contributed by atoms with Gasteiger partial charge in [-0.1, -0.05) is 23.2 Å². The van der Waals surface area contributed by atoms with E-state index in [1.54, 1.807) is 0 Å². The standard InChI is InChI=1S/C16H8Cl2F4N2O4/c1-5(25)23-9-4-8(24-13(11(9)18)15(27)28)6-2-3-7(17)10(12(6)19)14(26)16(20,21)22/h2-4H,1H3,(H,27,28)(H,23,24,25). The summed E-state index contributed by atoms with van der Waals surface area (Å²) in [6, 6.07) is 2.68. The van der Waals surface area contributed by atoms with Crippen molar-refractivity contribution in [2.24, 2.45) is 0 Å². The minimum atomic E-state index is -5.40. The predicted molar refractivity (Wildman–Crippen MR) is 91.3 cm³/mol. The van der Waals surface area contributed by atoms with Crippen molar-refractivity contribution in [1.29, 1.82) is 0 Å². The van der Waals surface area contributed by atoms with Crippen molar-refractivity contribution < 1.29 is 37.1 Å². The maximum absolute atomic E-state index is 14.7. The van der Waals surface area contributed by atoms with Gasteiger partial charge >= 0.3 is 12.1 Å². The summed E-state index contributed by atoms with van der Waals surface area (Å²) in [7, 11) is 0. The van der Waals surface area contributed by atoms with Crippen LogP contribution < -0.4 is 5.32 Å². The van der Waals surface area contributed by atoms with Crippen LogP contribution in [0.25, 0.3) is 11.3 Å². The average Bonchev–Trinajstić information content (AvgIpc) is 2.55. The lowest BCUT2D eigenvalue weighted by atomic mass is 10.0. The molecule has 1 aromatic carbocycles. The van der Waals surface area contributed by atoms with Crippen LogP contribution >= 0.6 is 23.2 Å². The highest BCUT2D eigenvalue weighted by Crippen LogP contribution is 2.36. The van der Waals surface area contributed by atoms with Crippen molar-refractivity contribution in [3.8, 4) is 11.3 Å². The Kier molecular flexibility index (Phi) is 5.95. The molecule has 0 fully saturated rings. The molecule has 2 rings (SSSR count). The van der Waals surface area contributed by atoms with E-state index < -0.39 is 62.2 Å². The first-order chi connectivity index (χ1) is 12.8. The van der Waals surface area contributed by atoms with E-state index in [9.17, 15) is 37.1 Å². The summed E-state index contributed by atoms with van der Waals surface area (Å²) < 4.78 is 52.9. The molecule has 0 atom stereocenters. The van der Waals surface area contributed by atoms with Crippen molar-refractivity contribution >= 4 is 46.5 Å². The number of alkyl halides is 3. The lowest BCUT2D eigenvalue weighted by molar-refractivity contribution is -0.114. The van der Waals surface area contributed by atoms with Gasteiger partial charge in [0.1, 0.15) is 5.82 Å². The number of hydrogen-bond acceptors (Lipinski definition) is 4. The Morgan fingerprint density at radius 1 is 1.18 bits per heavy atom. The molecule has 0 aliphatic rings. The number of aromatic nitrogens is 1. The number of anilines is 1. The van der Waals surface area contributed by atoms with Crippen LogP contribution in [0, 0.1) is 5.82 Å². The number of pyridine rings is 1. The van der Waals surface area contributed by atoms with Gasteiger partial charge in [0.15, 0.2) is 5.69 Å². The van der Waals surface area contributed by atoms with Crippen LogP contribution in [-0.4, -0.2) is 33.9 Å². The van der Waals surface area contributed by atoms with E-state index in [1.807, 2.05) is 0 Å². The van der Waals surface area contributed by atoms with Gasteiger partial charge in [-0.15, -0.1) is 0 Å². The number of carboxylic acids is 1.